The van der Waals surface area contributed by atoms with Gasteiger partial charge >= 0.3 is 0 Å². The average Bonchev–Trinajstić information content (AvgIpc) is 2.84. The van der Waals surface area contributed by atoms with Crippen molar-refractivity contribution in [1.29, 1.82) is 0 Å². The minimum Gasteiger partial charge on any atom is -0.311 e. The highest BCUT2D eigenvalue weighted by Crippen LogP contribution is 2.43. The third-order valence-electron chi connectivity index (χ3n) is 4.25. The van der Waals surface area contributed by atoms with Crippen LogP contribution in [0.3, 0.4) is 0 Å². The van der Waals surface area contributed by atoms with Crippen molar-refractivity contribution in [1.82, 2.24) is 5.32 Å². The largest absolute Gasteiger partial charge is 0.311 e. The first kappa shape index (κ1) is 8.96. The van der Waals surface area contributed by atoms with Gasteiger partial charge in [0.05, 0.1) is 0 Å². The van der Waals surface area contributed by atoms with Crippen molar-refractivity contribution >= 4 is 0 Å². The summed E-state index contributed by atoms with van der Waals surface area (Å²) in [7, 11) is 0. The average molecular weight is 191 g/mol. The zero-order valence-corrected chi connectivity index (χ0v) is 9.08. The number of allylic oxidation sites excluding steroid dienone is 1. The molecule has 1 N–H and O–H groups in total. The molecule has 3 aliphatic carbocycles. The lowest BCUT2D eigenvalue weighted by atomic mass is 9.71. The van der Waals surface area contributed by atoms with E-state index >= 15 is 0 Å². The van der Waals surface area contributed by atoms with Gasteiger partial charge in [-0.15, -0.1) is 0 Å². The molecular formula is C13H21N. The van der Waals surface area contributed by atoms with Crippen molar-refractivity contribution in [3.63, 3.8) is 0 Å². The van der Waals surface area contributed by atoms with Crippen LogP contribution in [0.5, 0.6) is 0 Å². The van der Waals surface area contributed by atoms with E-state index in [0.29, 0.717) is 0 Å². The predicted octanol–water partition coefficient (Wildman–Crippen LogP) is 2.73. The van der Waals surface area contributed by atoms with E-state index in [1.807, 2.05) is 0 Å². The Labute approximate surface area is 87.0 Å². The van der Waals surface area contributed by atoms with Gasteiger partial charge in [0, 0.05) is 12.1 Å². The van der Waals surface area contributed by atoms with E-state index < -0.39 is 0 Å². The summed E-state index contributed by atoms with van der Waals surface area (Å²) in [6.45, 7) is 2.37. The first-order chi connectivity index (χ1) is 6.83. The van der Waals surface area contributed by atoms with Gasteiger partial charge in [-0.2, -0.15) is 0 Å². The monoisotopic (exact) mass is 191 g/mol. The summed E-state index contributed by atoms with van der Waals surface area (Å²) < 4.78 is 0. The summed E-state index contributed by atoms with van der Waals surface area (Å²) in [5, 5.41) is 3.81. The second-order valence-electron chi connectivity index (χ2n) is 5.59. The molecule has 4 atom stereocenters. The van der Waals surface area contributed by atoms with E-state index in [2.05, 4.69) is 24.4 Å². The van der Waals surface area contributed by atoms with E-state index in [0.717, 1.165) is 29.8 Å². The van der Waals surface area contributed by atoms with E-state index in [1.54, 1.807) is 0 Å². The third-order valence-corrected chi connectivity index (χ3v) is 4.25. The van der Waals surface area contributed by atoms with E-state index in [4.69, 9.17) is 0 Å². The fourth-order valence-corrected chi connectivity index (χ4v) is 3.19. The molecule has 0 aromatic heterocycles. The van der Waals surface area contributed by atoms with Crippen LogP contribution in [0.25, 0.3) is 0 Å². The Morgan fingerprint density at radius 2 is 2.29 bits per heavy atom. The topological polar surface area (TPSA) is 12.0 Å². The summed E-state index contributed by atoms with van der Waals surface area (Å²) >= 11 is 0. The van der Waals surface area contributed by atoms with Crippen molar-refractivity contribution in [2.75, 3.05) is 0 Å². The van der Waals surface area contributed by atoms with Crippen LogP contribution in [-0.2, 0) is 0 Å². The van der Waals surface area contributed by atoms with E-state index in [9.17, 15) is 0 Å². The molecule has 0 saturated heterocycles. The van der Waals surface area contributed by atoms with Crippen LogP contribution in [0.4, 0.5) is 0 Å². The molecule has 3 aliphatic rings. The molecule has 0 spiro atoms. The highest BCUT2D eigenvalue weighted by Gasteiger charge is 2.41. The Balaban J connectivity index is 1.45. The van der Waals surface area contributed by atoms with Gasteiger partial charge in [0.1, 0.15) is 0 Å². The molecule has 0 amide bonds. The maximum atomic E-state index is 3.81. The van der Waals surface area contributed by atoms with Crippen molar-refractivity contribution < 1.29 is 0 Å². The van der Waals surface area contributed by atoms with Crippen LogP contribution in [0.1, 0.15) is 39.0 Å². The summed E-state index contributed by atoms with van der Waals surface area (Å²) in [5.41, 5.74) is 0. The molecule has 1 heteroatoms. The molecule has 0 radical (unpaired) electrons. The molecule has 78 valence electrons. The van der Waals surface area contributed by atoms with Gasteiger partial charge in [-0.25, -0.2) is 0 Å². The van der Waals surface area contributed by atoms with Crippen LogP contribution in [-0.4, -0.2) is 12.1 Å². The predicted molar refractivity (Wildman–Crippen MR) is 59.1 cm³/mol. The molecule has 3 rings (SSSR count). The smallest absolute Gasteiger partial charge is 0.0138 e. The van der Waals surface area contributed by atoms with Crippen LogP contribution in [0.15, 0.2) is 12.2 Å². The highest BCUT2D eigenvalue weighted by atomic mass is 15.0. The van der Waals surface area contributed by atoms with Crippen molar-refractivity contribution in [2.45, 2.75) is 51.1 Å². The minimum atomic E-state index is 0.752. The van der Waals surface area contributed by atoms with E-state index in [-0.39, 0.29) is 0 Å². The standard InChI is InChI=1S/C13H21N/c1-9(7-10-5-6-10)14-13-8-11-3-2-4-12(11)13/h2,4,9-14H,3,5-8H2,1H3. The molecule has 1 nitrogen and oxygen atoms in total. The van der Waals surface area contributed by atoms with Gasteiger partial charge in [-0.3, -0.25) is 0 Å². The first-order valence-corrected chi connectivity index (χ1v) is 6.25. The van der Waals surface area contributed by atoms with Gasteiger partial charge in [-0.05, 0) is 43.9 Å². The quantitative estimate of drug-likeness (QED) is 0.674. The summed E-state index contributed by atoms with van der Waals surface area (Å²) in [6.07, 6.45) is 12.0. The molecule has 0 aromatic rings. The van der Waals surface area contributed by atoms with Gasteiger partial charge in [0.15, 0.2) is 0 Å². The van der Waals surface area contributed by atoms with Gasteiger partial charge in [0.25, 0.3) is 0 Å². The second-order valence-corrected chi connectivity index (χ2v) is 5.59. The van der Waals surface area contributed by atoms with Crippen molar-refractivity contribution in [2.24, 2.45) is 17.8 Å². The lowest BCUT2D eigenvalue weighted by Gasteiger charge is -2.42. The van der Waals surface area contributed by atoms with Crippen LogP contribution < -0.4 is 5.32 Å². The first-order valence-electron chi connectivity index (χ1n) is 6.25. The zero-order chi connectivity index (χ0) is 9.54. The zero-order valence-electron chi connectivity index (χ0n) is 9.08. The van der Waals surface area contributed by atoms with E-state index in [1.165, 1.54) is 32.1 Å². The maximum absolute atomic E-state index is 3.81. The molecule has 0 aromatic carbocycles. The molecule has 2 saturated carbocycles. The lowest BCUT2D eigenvalue weighted by molar-refractivity contribution is 0.149. The molecule has 0 heterocycles. The Hall–Kier alpha value is -0.300. The van der Waals surface area contributed by atoms with Crippen molar-refractivity contribution in [3.05, 3.63) is 12.2 Å². The molecule has 0 aliphatic heterocycles. The molecule has 0 bridgehead atoms. The normalized spacial score (nSPS) is 41.9. The Bertz CT molecular complexity index is 242. The second kappa shape index (κ2) is 3.37. The van der Waals surface area contributed by atoms with Crippen molar-refractivity contribution in [3.8, 4) is 0 Å². The fraction of sp³-hybridized carbons (Fsp3) is 0.846. The van der Waals surface area contributed by atoms with Crippen LogP contribution >= 0.6 is 0 Å². The Kier molecular flexibility index (Phi) is 2.16. The Morgan fingerprint density at radius 1 is 1.43 bits per heavy atom. The van der Waals surface area contributed by atoms with Gasteiger partial charge in [-0.1, -0.05) is 25.0 Å². The molecule has 2 fully saturated rings. The SMILES string of the molecule is CC(CC1CC1)NC1CC2CC=CC21. The highest BCUT2D eigenvalue weighted by molar-refractivity contribution is 5.13. The summed E-state index contributed by atoms with van der Waals surface area (Å²) in [5.74, 6) is 2.95. The number of rotatable bonds is 4. The lowest BCUT2D eigenvalue weighted by Crippen LogP contribution is -2.51. The van der Waals surface area contributed by atoms with Gasteiger partial charge < -0.3 is 5.32 Å². The molecule has 4 unspecified atom stereocenters. The fourth-order valence-electron chi connectivity index (χ4n) is 3.19. The van der Waals surface area contributed by atoms with Crippen LogP contribution in [0.2, 0.25) is 0 Å². The van der Waals surface area contributed by atoms with Gasteiger partial charge in [0.2, 0.25) is 0 Å². The number of hydrogen-bond donors (Lipinski definition) is 1. The minimum absolute atomic E-state index is 0.752. The van der Waals surface area contributed by atoms with Crippen LogP contribution in [0, 0.1) is 17.8 Å². The third kappa shape index (κ3) is 1.63. The molecule has 14 heavy (non-hydrogen) atoms. The summed E-state index contributed by atoms with van der Waals surface area (Å²) in [6, 6.07) is 1.56. The Morgan fingerprint density at radius 3 is 3.00 bits per heavy atom. The maximum Gasteiger partial charge on any atom is 0.0138 e. The number of fused-ring (bicyclic) bond motifs is 1. The molecular weight excluding hydrogens is 170 g/mol. The number of hydrogen-bond acceptors (Lipinski definition) is 1. The summed E-state index contributed by atoms with van der Waals surface area (Å²) in [4.78, 5) is 0. The number of nitrogens with one attached hydrogen (secondary N) is 1.